The molecule has 3 aromatic rings. The number of aliphatic carboxylic acids is 1. The van der Waals surface area contributed by atoms with E-state index in [1.54, 1.807) is 0 Å². The fourth-order valence-corrected chi connectivity index (χ4v) is 4.11. The minimum Gasteiger partial charge on any atom is -0.481 e. The Morgan fingerprint density at radius 2 is 1.86 bits per heavy atom. The monoisotopic (exact) mass is 539 g/mol. The van der Waals surface area contributed by atoms with Crippen LogP contribution in [-0.2, 0) is 15.5 Å². The number of hydrogen-bond donors (Lipinski definition) is 2. The van der Waals surface area contributed by atoms with Crippen LogP contribution in [0.2, 0.25) is 5.02 Å². The van der Waals surface area contributed by atoms with Crippen molar-refractivity contribution in [3.05, 3.63) is 52.1 Å². The van der Waals surface area contributed by atoms with Crippen molar-refractivity contribution < 1.29 is 36.9 Å². The Labute approximate surface area is 215 Å². The van der Waals surface area contributed by atoms with Gasteiger partial charge in [0.05, 0.1) is 17.8 Å². The zero-order valence-electron chi connectivity index (χ0n) is 20.3. The van der Waals surface area contributed by atoms with E-state index in [-0.39, 0.29) is 40.2 Å². The van der Waals surface area contributed by atoms with E-state index in [1.807, 2.05) is 0 Å². The highest BCUT2D eigenvalue weighted by Crippen LogP contribution is 2.50. The summed E-state index contributed by atoms with van der Waals surface area (Å²) in [4.78, 5) is 24.3. The van der Waals surface area contributed by atoms with Crippen LogP contribution in [-0.4, -0.2) is 27.3 Å². The second-order valence-electron chi connectivity index (χ2n) is 10.2. The molecule has 8 nitrogen and oxygen atoms in total. The summed E-state index contributed by atoms with van der Waals surface area (Å²) in [6.45, 7) is 4.11. The van der Waals surface area contributed by atoms with Crippen molar-refractivity contribution in [2.75, 3.05) is 5.32 Å². The molecule has 1 saturated carbocycles. The topological polar surface area (TPSA) is 118 Å². The second-order valence-corrected chi connectivity index (χ2v) is 10.6. The molecule has 1 unspecified atom stereocenters. The van der Waals surface area contributed by atoms with E-state index >= 15 is 0 Å². The number of nitrogens with zero attached hydrogens (tertiary/aromatic N) is 2. The van der Waals surface area contributed by atoms with E-state index in [0.717, 1.165) is 25.0 Å². The molecule has 0 aliphatic heterocycles. The van der Waals surface area contributed by atoms with Gasteiger partial charge in [-0.15, -0.1) is 0 Å². The lowest BCUT2D eigenvalue weighted by molar-refractivity contribution is -0.137. The molecule has 2 heterocycles. The number of carbonyl (C=O) groups excluding carboxylic acids is 1. The Kier molecular flexibility index (Phi) is 7.11. The number of nitrogens with one attached hydrogen (secondary N) is 1. The van der Waals surface area contributed by atoms with Crippen molar-refractivity contribution in [3.8, 4) is 11.5 Å². The third-order valence-electron chi connectivity index (χ3n) is 6.18. The van der Waals surface area contributed by atoms with E-state index in [1.165, 1.54) is 32.9 Å². The molecule has 198 valence electrons. The van der Waals surface area contributed by atoms with Crippen LogP contribution in [0.15, 0.2) is 33.3 Å². The number of anilines is 1. The number of amides is 1. The molecule has 37 heavy (non-hydrogen) atoms. The van der Waals surface area contributed by atoms with Gasteiger partial charge < -0.3 is 19.5 Å². The minimum atomic E-state index is -3.32. The van der Waals surface area contributed by atoms with Crippen LogP contribution < -0.4 is 5.32 Å². The van der Waals surface area contributed by atoms with E-state index in [4.69, 9.17) is 20.6 Å². The van der Waals surface area contributed by atoms with E-state index in [9.17, 15) is 27.9 Å². The van der Waals surface area contributed by atoms with Crippen molar-refractivity contribution in [1.29, 1.82) is 0 Å². The molecular weight excluding hydrogens is 515 g/mol. The van der Waals surface area contributed by atoms with E-state index in [2.05, 4.69) is 15.6 Å². The van der Waals surface area contributed by atoms with Crippen LogP contribution >= 0.6 is 11.6 Å². The maximum atomic E-state index is 14.8. The molecule has 1 aliphatic carbocycles. The van der Waals surface area contributed by atoms with Crippen molar-refractivity contribution in [1.82, 2.24) is 10.3 Å². The van der Waals surface area contributed by atoms with Gasteiger partial charge in [0.25, 0.3) is 0 Å². The third kappa shape index (κ3) is 5.66. The number of alkyl halides is 2. The van der Waals surface area contributed by atoms with E-state index < -0.39 is 47.1 Å². The summed E-state index contributed by atoms with van der Waals surface area (Å²) in [6, 6.07) is 4.82. The number of carboxylic acid groups (broad SMARTS) is 1. The van der Waals surface area contributed by atoms with Crippen molar-refractivity contribution in [2.45, 2.75) is 64.2 Å². The predicted molar refractivity (Wildman–Crippen MR) is 127 cm³/mol. The minimum absolute atomic E-state index is 0.00124. The third-order valence-corrected chi connectivity index (χ3v) is 6.42. The molecular formula is C25H25ClF3N3O5. The number of carboxylic acids is 1. The molecule has 1 amide bonds. The molecule has 2 N–H and O–H groups in total. The number of aromatic nitrogens is 2. The van der Waals surface area contributed by atoms with Gasteiger partial charge >= 0.3 is 11.9 Å². The standard InChI is InChI=1S/C25H25ClF3N3O5/c1-24(2,3)25(28,29)18-11-17(31-36-18)23-21(12-4-5-12)22(32-37-23)13(9-20(34)35)8-19(33)30-16-7-6-14(26)10-15(16)27/h6-7,10-13H,4-5,8-9H2,1-3H3,(H,30,33)(H,34,35). The molecule has 0 saturated heterocycles. The number of rotatable bonds is 9. The lowest BCUT2D eigenvalue weighted by Gasteiger charge is -2.27. The first-order valence-corrected chi connectivity index (χ1v) is 12.0. The Balaban J connectivity index is 1.64. The molecule has 12 heteroatoms. The van der Waals surface area contributed by atoms with Crippen LogP contribution in [0.3, 0.4) is 0 Å². The van der Waals surface area contributed by atoms with Gasteiger partial charge in [0.2, 0.25) is 11.7 Å². The second kappa shape index (κ2) is 9.85. The molecule has 2 aromatic heterocycles. The van der Waals surface area contributed by atoms with Gasteiger partial charge in [-0.25, -0.2) is 4.39 Å². The largest absolute Gasteiger partial charge is 0.481 e. The van der Waals surface area contributed by atoms with Crippen LogP contribution in [0.25, 0.3) is 11.5 Å². The molecule has 1 fully saturated rings. The number of halogens is 4. The zero-order chi connectivity index (χ0) is 27.1. The average Bonchev–Trinajstić information content (AvgIpc) is 3.32. The molecule has 1 atom stereocenters. The first kappa shape index (κ1) is 26.7. The number of hydrogen-bond acceptors (Lipinski definition) is 6. The van der Waals surface area contributed by atoms with Gasteiger partial charge in [-0.2, -0.15) is 8.78 Å². The highest BCUT2D eigenvalue weighted by atomic mass is 35.5. The molecule has 0 spiro atoms. The molecule has 1 aliphatic rings. The molecule has 0 bridgehead atoms. The van der Waals surface area contributed by atoms with Gasteiger partial charge in [-0.3, -0.25) is 9.59 Å². The fourth-order valence-electron chi connectivity index (χ4n) is 3.95. The smallest absolute Gasteiger partial charge is 0.312 e. The predicted octanol–water partition coefficient (Wildman–Crippen LogP) is 6.72. The summed E-state index contributed by atoms with van der Waals surface area (Å²) in [5, 5.41) is 19.9. The SMILES string of the molecule is CC(C)(C)C(F)(F)c1cc(-c2onc(C(CC(=O)O)CC(=O)Nc3ccc(Cl)cc3F)c2C2CC2)no1. The van der Waals surface area contributed by atoms with Crippen LogP contribution in [0.5, 0.6) is 0 Å². The zero-order valence-corrected chi connectivity index (χ0v) is 21.0. The van der Waals surface area contributed by atoms with Crippen molar-refractivity contribution in [3.63, 3.8) is 0 Å². The lowest BCUT2D eigenvalue weighted by Crippen LogP contribution is -2.30. The summed E-state index contributed by atoms with van der Waals surface area (Å²) >= 11 is 5.74. The van der Waals surface area contributed by atoms with Crippen molar-refractivity contribution >= 4 is 29.2 Å². The van der Waals surface area contributed by atoms with Crippen LogP contribution in [0.4, 0.5) is 18.9 Å². The summed E-state index contributed by atoms with van der Waals surface area (Å²) in [6.07, 6.45) is 0.679. The quantitative estimate of drug-likeness (QED) is 0.309. The van der Waals surface area contributed by atoms with Gasteiger partial charge in [0.1, 0.15) is 5.82 Å². The van der Waals surface area contributed by atoms with Crippen LogP contribution in [0, 0.1) is 11.2 Å². The van der Waals surface area contributed by atoms with Crippen molar-refractivity contribution in [2.24, 2.45) is 5.41 Å². The first-order chi connectivity index (χ1) is 17.3. The van der Waals surface area contributed by atoms with Gasteiger partial charge in [-0.05, 0) is 37.0 Å². The summed E-state index contributed by atoms with van der Waals surface area (Å²) < 4.78 is 54.1. The maximum Gasteiger partial charge on any atom is 0.312 e. The van der Waals surface area contributed by atoms with Gasteiger partial charge in [0.15, 0.2) is 11.5 Å². The highest BCUT2D eigenvalue weighted by Gasteiger charge is 2.49. The Morgan fingerprint density at radius 1 is 1.16 bits per heavy atom. The molecule has 0 radical (unpaired) electrons. The summed E-state index contributed by atoms with van der Waals surface area (Å²) in [5.41, 5.74) is -0.809. The number of benzene rings is 1. The summed E-state index contributed by atoms with van der Waals surface area (Å²) in [5.74, 6) is -7.43. The normalized spacial score (nSPS) is 15.0. The first-order valence-electron chi connectivity index (χ1n) is 11.6. The highest BCUT2D eigenvalue weighted by molar-refractivity contribution is 6.30. The molecule has 1 aromatic carbocycles. The lowest BCUT2D eigenvalue weighted by atomic mass is 9.86. The summed E-state index contributed by atoms with van der Waals surface area (Å²) in [7, 11) is 0. The Bertz CT molecular complexity index is 1330. The van der Waals surface area contributed by atoms with Gasteiger partial charge in [0, 0.05) is 34.4 Å². The molecule has 4 rings (SSSR count). The maximum absolute atomic E-state index is 14.8. The number of carbonyl (C=O) groups is 2. The fraction of sp³-hybridized carbons (Fsp3) is 0.440. The Morgan fingerprint density at radius 3 is 2.46 bits per heavy atom. The van der Waals surface area contributed by atoms with Gasteiger partial charge in [-0.1, -0.05) is 42.7 Å². The van der Waals surface area contributed by atoms with E-state index in [0.29, 0.717) is 5.56 Å². The van der Waals surface area contributed by atoms with Crippen LogP contribution in [0.1, 0.15) is 75.3 Å². The average molecular weight is 540 g/mol. The Hall–Kier alpha value is -3.34.